The summed E-state index contributed by atoms with van der Waals surface area (Å²) in [6.45, 7) is 1.61. The smallest absolute Gasteiger partial charge is 0.145 e. The highest BCUT2D eigenvalue weighted by Crippen LogP contribution is 2.13. The molecule has 0 amide bonds. The number of ether oxygens (including phenoxy) is 1. The van der Waals surface area contributed by atoms with Crippen molar-refractivity contribution in [3.63, 3.8) is 0 Å². The Bertz CT molecular complexity index is 256. The molecular weight excluding hydrogens is 168 g/mol. The van der Waals surface area contributed by atoms with Crippen LogP contribution in [0, 0.1) is 6.92 Å². The van der Waals surface area contributed by atoms with E-state index in [1.165, 1.54) is 0 Å². The number of hydrogen-bond acceptors (Lipinski definition) is 3. The van der Waals surface area contributed by atoms with Crippen LogP contribution in [0.4, 0.5) is 0 Å². The molecule has 1 rings (SSSR count). The normalized spacial score (nSPS) is 10.5. The quantitative estimate of drug-likeness (QED) is 0.721. The summed E-state index contributed by atoms with van der Waals surface area (Å²) in [7, 11) is 0. The lowest BCUT2D eigenvalue weighted by molar-refractivity contribution is 0.0629. The second-order valence-corrected chi connectivity index (χ2v) is 2.92. The van der Waals surface area contributed by atoms with Crippen LogP contribution in [-0.2, 0) is 0 Å². The minimum absolute atomic E-state index is 0.176. The summed E-state index contributed by atoms with van der Waals surface area (Å²) in [4.78, 5) is 0. The highest BCUT2D eigenvalue weighted by molar-refractivity contribution is 5.27. The molecule has 0 heterocycles. The second-order valence-electron chi connectivity index (χ2n) is 2.92. The maximum absolute atomic E-state index is 8.77. The summed E-state index contributed by atoms with van der Waals surface area (Å²) in [6, 6.07) is 7.49. The third-order valence-electron chi connectivity index (χ3n) is 1.70. The van der Waals surface area contributed by atoms with Crippen LogP contribution in [0.15, 0.2) is 24.3 Å². The molecule has 0 aliphatic heterocycles. The van der Waals surface area contributed by atoms with E-state index >= 15 is 0 Å². The van der Waals surface area contributed by atoms with Gasteiger partial charge in [-0.05, 0) is 24.6 Å². The van der Waals surface area contributed by atoms with Gasteiger partial charge in [-0.2, -0.15) is 0 Å². The average Bonchev–Trinajstić information content (AvgIpc) is 2.14. The van der Waals surface area contributed by atoms with Crippen LogP contribution in [-0.4, -0.2) is 29.5 Å². The van der Waals surface area contributed by atoms with Gasteiger partial charge in [0.1, 0.15) is 11.9 Å². The first kappa shape index (κ1) is 10.0. The fraction of sp³-hybridized carbons (Fsp3) is 0.400. The number of rotatable bonds is 4. The van der Waals surface area contributed by atoms with E-state index in [1.54, 1.807) is 6.07 Å². The summed E-state index contributed by atoms with van der Waals surface area (Å²) in [5.74, 6) is 0.674. The SMILES string of the molecule is Cc1cccc(OC(CO)CO)c1. The maximum Gasteiger partial charge on any atom is 0.145 e. The molecular formula is C10H14O3. The number of aliphatic hydroxyl groups is 2. The molecule has 0 aliphatic rings. The van der Waals surface area contributed by atoms with Crippen LogP contribution >= 0.6 is 0 Å². The van der Waals surface area contributed by atoms with Crippen molar-refractivity contribution >= 4 is 0 Å². The zero-order valence-corrected chi connectivity index (χ0v) is 7.60. The van der Waals surface area contributed by atoms with E-state index in [4.69, 9.17) is 14.9 Å². The standard InChI is InChI=1S/C10H14O3/c1-8-3-2-4-9(5-8)13-10(6-11)7-12/h2-5,10-12H,6-7H2,1H3. The van der Waals surface area contributed by atoms with E-state index in [2.05, 4.69) is 0 Å². The lowest BCUT2D eigenvalue weighted by atomic mass is 10.2. The number of hydrogen-bond donors (Lipinski definition) is 2. The maximum atomic E-state index is 8.77. The molecule has 1 aromatic carbocycles. The van der Waals surface area contributed by atoms with Gasteiger partial charge in [-0.3, -0.25) is 0 Å². The largest absolute Gasteiger partial charge is 0.486 e. The highest BCUT2D eigenvalue weighted by atomic mass is 16.5. The Morgan fingerprint density at radius 2 is 2.00 bits per heavy atom. The summed E-state index contributed by atoms with van der Waals surface area (Å²) in [5, 5.41) is 17.5. The van der Waals surface area contributed by atoms with E-state index in [0.29, 0.717) is 5.75 Å². The summed E-state index contributed by atoms with van der Waals surface area (Å²) < 4.78 is 5.29. The van der Waals surface area contributed by atoms with Crippen LogP contribution in [0.25, 0.3) is 0 Å². The molecule has 0 aliphatic carbocycles. The summed E-state index contributed by atoms with van der Waals surface area (Å²) in [5.41, 5.74) is 1.09. The minimum Gasteiger partial charge on any atom is -0.486 e. The van der Waals surface area contributed by atoms with Gasteiger partial charge in [0.25, 0.3) is 0 Å². The van der Waals surface area contributed by atoms with Gasteiger partial charge in [0, 0.05) is 0 Å². The average molecular weight is 182 g/mol. The lowest BCUT2D eigenvalue weighted by Gasteiger charge is -2.14. The molecule has 3 heteroatoms. The molecule has 3 nitrogen and oxygen atoms in total. The van der Waals surface area contributed by atoms with E-state index in [-0.39, 0.29) is 13.2 Å². The number of aryl methyl sites for hydroxylation is 1. The van der Waals surface area contributed by atoms with E-state index in [9.17, 15) is 0 Å². The van der Waals surface area contributed by atoms with Crippen molar-refractivity contribution in [2.24, 2.45) is 0 Å². The number of benzene rings is 1. The summed E-state index contributed by atoms with van der Waals surface area (Å²) >= 11 is 0. The van der Waals surface area contributed by atoms with Gasteiger partial charge in [0.2, 0.25) is 0 Å². The van der Waals surface area contributed by atoms with Crippen LogP contribution in [0.2, 0.25) is 0 Å². The van der Waals surface area contributed by atoms with Gasteiger partial charge >= 0.3 is 0 Å². The zero-order chi connectivity index (χ0) is 9.68. The molecule has 0 atom stereocenters. The monoisotopic (exact) mass is 182 g/mol. The van der Waals surface area contributed by atoms with Gasteiger partial charge < -0.3 is 14.9 Å². The molecule has 0 aromatic heterocycles. The first-order valence-electron chi connectivity index (χ1n) is 4.21. The molecule has 1 aromatic rings. The Morgan fingerprint density at radius 3 is 2.54 bits per heavy atom. The molecule has 0 bridgehead atoms. The predicted molar refractivity (Wildman–Crippen MR) is 49.8 cm³/mol. The van der Waals surface area contributed by atoms with E-state index in [1.807, 2.05) is 25.1 Å². The molecule has 72 valence electrons. The van der Waals surface area contributed by atoms with Crippen molar-refractivity contribution < 1.29 is 14.9 Å². The molecule has 0 unspecified atom stereocenters. The predicted octanol–water partition coefficient (Wildman–Crippen LogP) is 0.727. The molecule has 0 fully saturated rings. The Hall–Kier alpha value is -1.06. The topological polar surface area (TPSA) is 49.7 Å². The van der Waals surface area contributed by atoms with Crippen molar-refractivity contribution in [2.45, 2.75) is 13.0 Å². The van der Waals surface area contributed by atoms with Crippen molar-refractivity contribution in [1.29, 1.82) is 0 Å². The first-order chi connectivity index (χ1) is 6.26. The Morgan fingerprint density at radius 1 is 1.31 bits per heavy atom. The zero-order valence-electron chi connectivity index (χ0n) is 7.60. The fourth-order valence-corrected chi connectivity index (χ4v) is 1.01. The third kappa shape index (κ3) is 3.05. The molecule has 0 spiro atoms. The van der Waals surface area contributed by atoms with Crippen molar-refractivity contribution in [2.75, 3.05) is 13.2 Å². The highest BCUT2D eigenvalue weighted by Gasteiger charge is 2.06. The Kier molecular flexibility index (Phi) is 3.73. The van der Waals surface area contributed by atoms with Gasteiger partial charge in [-0.25, -0.2) is 0 Å². The van der Waals surface area contributed by atoms with Gasteiger partial charge in [0.05, 0.1) is 13.2 Å². The first-order valence-corrected chi connectivity index (χ1v) is 4.21. The van der Waals surface area contributed by atoms with E-state index in [0.717, 1.165) is 5.56 Å². The Labute approximate surface area is 77.6 Å². The molecule has 2 N–H and O–H groups in total. The third-order valence-corrected chi connectivity index (χ3v) is 1.70. The van der Waals surface area contributed by atoms with Crippen LogP contribution in [0.3, 0.4) is 0 Å². The molecule has 0 radical (unpaired) electrons. The second kappa shape index (κ2) is 4.84. The molecule has 13 heavy (non-hydrogen) atoms. The molecule has 0 saturated heterocycles. The van der Waals surface area contributed by atoms with E-state index < -0.39 is 6.10 Å². The lowest BCUT2D eigenvalue weighted by Crippen LogP contribution is -2.25. The minimum atomic E-state index is -0.526. The summed E-state index contributed by atoms with van der Waals surface area (Å²) in [6.07, 6.45) is -0.526. The van der Waals surface area contributed by atoms with Crippen molar-refractivity contribution in [3.8, 4) is 5.75 Å². The van der Waals surface area contributed by atoms with Gasteiger partial charge in [-0.15, -0.1) is 0 Å². The van der Waals surface area contributed by atoms with Crippen LogP contribution < -0.4 is 4.74 Å². The van der Waals surface area contributed by atoms with Crippen LogP contribution in [0.5, 0.6) is 5.75 Å². The van der Waals surface area contributed by atoms with Crippen molar-refractivity contribution in [3.05, 3.63) is 29.8 Å². The molecule has 0 saturated carbocycles. The van der Waals surface area contributed by atoms with Crippen LogP contribution in [0.1, 0.15) is 5.56 Å². The van der Waals surface area contributed by atoms with Crippen molar-refractivity contribution in [1.82, 2.24) is 0 Å². The van der Waals surface area contributed by atoms with Gasteiger partial charge in [0.15, 0.2) is 0 Å². The fourth-order valence-electron chi connectivity index (χ4n) is 1.01. The Balaban J connectivity index is 2.62. The van der Waals surface area contributed by atoms with Gasteiger partial charge in [-0.1, -0.05) is 12.1 Å². The number of aliphatic hydroxyl groups excluding tert-OH is 2.